The van der Waals surface area contributed by atoms with Gasteiger partial charge in [0.05, 0.1) is 0 Å². The van der Waals surface area contributed by atoms with E-state index in [0.717, 1.165) is 38.6 Å². The fourth-order valence-electron chi connectivity index (χ4n) is 8.59. The van der Waals surface area contributed by atoms with Crippen LogP contribution in [0.3, 0.4) is 0 Å². The molecule has 0 spiro atoms. The third-order valence-corrected chi connectivity index (χ3v) is 10.6. The Hall–Kier alpha value is -2.88. The molecule has 1 amide bonds. The Balaban J connectivity index is 1.26. The molecule has 6 rings (SSSR count). The second-order valence-electron chi connectivity index (χ2n) is 12.5. The lowest BCUT2D eigenvalue weighted by molar-refractivity contribution is -0.144. The molecule has 2 aromatic rings. The maximum Gasteiger partial charge on any atom is 0.226 e. The number of rotatable bonds is 5. The Labute approximate surface area is 221 Å². The monoisotopic (exact) mass is 496 g/mol. The molecule has 4 heteroatoms. The quantitative estimate of drug-likeness (QED) is 0.542. The highest BCUT2D eigenvalue weighted by molar-refractivity contribution is 5.91. The van der Waals surface area contributed by atoms with Gasteiger partial charge in [0.2, 0.25) is 5.91 Å². The molecule has 2 aromatic carbocycles. The highest BCUT2D eigenvalue weighted by Crippen LogP contribution is 2.64. The van der Waals surface area contributed by atoms with Gasteiger partial charge in [-0.2, -0.15) is 0 Å². The van der Waals surface area contributed by atoms with E-state index in [1.807, 2.05) is 18.2 Å². The first-order valence-electron chi connectivity index (χ1n) is 14.2. The van der Waals surface area contributed by atoms with Crippen molar-refractivity contribution in [1.82, 2.24) is 10.2 Å². The number of nitrogens with zero attached hydrogens (tertiary/aromatic N) is 1. The van der Waals surface area contributed by atoms with Crippen molar-refractivity contribution in [3.63, 3.8) is 0 Å². The molecule has 0 aromatic heterocycles. The maximum absolute atomic E-state index is 14.4. The molecular weight excluding hydrogens is 456 g/mol. The zero-order valence-electron chi connectivity index (χ0n) is 22.3. The molecule has 6 atom stereocenters. The van der Waals surface area contributed by atoms with Gasteiger partial charge < -0.3 is 10.2 Å². The molecule has 3 fully saturated rings. The number of nitrogens with one attached hydrogen (secondary N) is 1. The van der Waals surface area contributed by atoms with Gasteiger partial charge in [-0.05, 0) is 66.4 Å². The minimum Gasteiger partial charge on any atom is -0.387 e. The summed E-state index contributed by atoms with van der Waals surface area (Å²) in [4.78, 5) is 28.6. The van der Waals surface area contributed by atoms with Gasteiger partial charge in [0.15, 0.2) is 5.78 Å². The Bertz CT molecular complexity index is 1150. The Kier molecular flexibility index (Phi) is 6.25. The molecule has 0 bridgehead atoms. The van der Waals surface area contributed by atoms with Crippen molar-refractivity contribution in [3.05, 3.63) is 83.6 Å². The molecule has 3 unspecified atom stereocenters. The van der Waals surface area contributed by atoms with Gasteiger partial charge in [-0.3, -0.25) is 9.59 Å². The van der Waals surface area contributed by atoms with E-state index < -0.39 is 0 Å². The topological polar surface area (TPSA) is 49.4 Å². The van der Waals surface area contributed by atoms with Crippen LogP contribution in [0, 0.1) is 34.5 Å². The third kappa shape index (κ3) is 4.23. The van der Waals surface area contributed by atoms with E-state index in [1.54, 1.807) is 0 Å². The summed E-state index contributed by atoms with van der Waals surface area (Å²) in [5, 5.41) is 3.70. The molecule has 3 aliphatic carbocycles. The molecule has 1 aliphatic heterocycles. The van der Waals surface area contributed by atoms with Crippen molar-refractivity contribution in [1.29, 1.82) is 0 Å². The third-order valence-electron chi connectivity index (χ3n) is 10.6. The minimum absolute atomic E-state index is 0.0353. The van der Waals surface area contributed by atoms with Crippen LogP contribution >= 0.6 is 0 Å². The zero-order chi connectivity index (χ0) is 25.6. The van der Waals surface area contributed by atoms with E-state index in [2.05, 4.69) is 72.6 Å². The first-order chi connectivity index (χ1) is 17.9. The number of allylic oxidation sites excluding steroid dienone is 2. The van der Waals surface area contributed by atoms with Gasteiger partial charge >= 0.3 is 0 Å². The van der Waals surface area contributed by atoms with Gasteiger partial charge in [0, 0.05) is 49.2 Å². The maximum atomic E-state index is 14.4. The fourth-order valence-corrected chi connectivity index (χ4v) is 8.59. The lowest BCUT2D eigenvalue weighted by atomic mass is 9.50. The summed E-state index contributed by atoms with van der Waals surface area (Å²) in [5.74, 6) is 2.40. The SMILES string of the molecule is C[C@]12CCC(=O)C=C1NCC1C2CC[C@@]2(C)C1CC[C@@H]2C(=O)N(Cc1ccccc1)Cc1ccccc1. The highest BCUT2D eigenvalue weighted by Gasteiger charge is 2.60. The molecule has 1 N–H and O–H groups in total. The molecule has 194 valence electrons. The summed E-state index contributed by atoms with van der Waals surface area (Å²) in [6.45, 7) is 7.05. The molecular formula is C33H40N2O2. The van der Waals surface area contributed by atoms with E-state index in [0.29, 0.717) is 43.2 Å². The van der Waals surface area contributed by atoms with Crippen LogP contribution in [0.2, 0.25) is 0 Å². The van der Waals surface area contributed by atoms with Crippen LogP contribution in [-0.2, 0) is 22.7 Å². The second-order valence-corrected chi connectivity index (χ2v) is 12.5. The van der Waals surface area contributed by atoms with Crippen molar-refractivity contribution < 1.29 is 9.59 Å². The fraction of sp³-hybridized carbons (Fsp3) is 0.515. The molecule has 37 heavy (non-hydrogen) atoms. The highest BCUT2D eigenvalue weighted by atomic mass is 16.2. The largest absolute Gasteiger partial charge is 0.387 e. The molecule has 4 nitrogen and oxygen atoms in total. The molecule has 2 saturated carbocycles. The summed E-state index contributed by atoms with van der Waals surface area (Å²) in [6.07, 6.45) is 7.90. The lowest BCUT2D eigenvalue weighted by Gasteiger charge is -2.58. The van der Waals surface area contributed by atoms with Gasteiger partial charge in [-0.25, -0.2) is 0 Å². The Morgan fingerprint density at radius 1 is 0.892 bits per heavy atom. The summed E-state index contributed by atoms with van der Waals surface area (Å²) in [5.41, 5.74) is 3.66. The van der Waals surface area contributed by atoms with Crippen LogP contribution in [0.5, 0.6) is 0 Å². The number of amides is 1. The zero-order valence-corrected chi connectivity index (χ0v) is 22.3. The van der Waals surface area contributed by atoms with Crippen LogP contribution in [-0.4, -0.2) is 23.1 Å². The van der Waals surface area contributed by atoms with Crippen LogP contribution in [0.15, 0.2) is 72.4 Å². The van der Waals surface area contributed by atoms with Crippen molar-refractivity contribution in [2.45, 2.75) is 65.5 Å². The number of hydrogen-bond acceptors (Lipinski definition) is 3. The molecule has 1 saturated heterocycles. The van der Waals surface area contributed by atoms with E-state index >= 15 is 0 Å². The smallest absolute Gasteiger partial charge is 0.226 e. The number of benzene rings is 2. The van der Waals surface area contributed by atoms with Crippen LogP contribution in [0.1, 0.15) is 63.5 Å². The number of carbonyl (C=O) groups excluding carboxylic acids is 2. The molecule has 4 aliphatic rings. The predicted molar refractivity (Wildman–Crippen MR) is 146 cm³/mol. The van der Waals surface area contributed by atoms with Crippen LogP contribution < -0.4 is 5.32 Å². The summed E-state index contributed by atoms with van der Waals surface area (Å²) < 4.78 is 0. The number of ketones is 1. The van der Waals surface area contributed by atoms with E-state index in [9.17, 15) is 9.59 Å². The summed E-state index contributed by atoms with van der Waals surface area (Å²) in [6, 6.07) is 20.8. The standard InChI is InChI=1S/C33H40N2O2/c1-32-18-16-28-26(20-34-30-19-25(36)15-17-33(28,30)2)27(32)13-14-29(32)31(37)35(21-23-9-5-3-6-10-23)22-24-11-7-4-8-12-24/h3-12,19,26-29,34H,13-18,20-22H2,1-2H3/t26?,27?,28?,29-,32+,33-/m1/s1. The minimum atomic E-state index is 0.0353. The lowest BCUT2D eigenvalue weighted by Crippen LogP contribution is -2.57. The number of piperidine rings is 1. The Morgan fingerprint density at radius 3 is 2.19 bits per heavy atom. The average Bonchev–Trinajstić information content (AvgIpc) is 3.27. The van der Waals surface area contributed by atoms with Gasteiger partial charge in [-0.1, -0.05) is 74.5 Å². The number of carbonyl (C=O) groups is 2. The predicted octanol–water partition coefficient (Wildman–Crippen LogP) is 6.13. The van der Waals surface area contributed by atoms with Crippen molar-refractivity contribution >= 4 is 11.7 Å². The number of hydrogen-bond donors (Lipinski definition) is 1. The summed E-state index contributed by atoms with van der Waals surface area (Å²) in [7, 11) is 0. The second kappa shape index (κ2) is 9.45. The van der Waals surface area contributed by atoms with Gasteiger partial charge in [0.1, 0.15) is 0 Å². The van der Waals surface area contributed by atoms with Crippen molar-refractivity contribution in [3.8, 4) is 0 Å². The van der Waals surface area contributed by atoms with E-state index in [-0.39, 0.29) is 22.5 Å². The summed E-state index contributed by atoms with van der Waals surface area (Å²) >= 11 is 0. The first-order valence-corrected chi connectivity index (χ1v) is 14.2. The van der Waals surface area contributed by atoms with Crippen LogP contribution in [0.25, 0.3) is 0 Å². The first kappa shape index (κ1) is 24.5. The van der Waals surface area contributed by atoms with Crippen LogP contribution in [0.4, 0.5) is 0 Å². The molecule has 1 heterocycles. The van der Waals surface area contributed by atoms with Crippen molar-refractivity contribution in [2.75, 3.05) is 6.54 Å². The molecule has 0 radical (unpaired) electrons. The Morgan fingerprint density at radius 2 is 1.54 bits per heavy atom. The normalized spacial score (nSPS) is 34.4. The van der Waals surface area contributed by atoms with E-state index in [4.69, 9.17) is 0 Å². The number of fused-ring (bicyclic) bond motifs is 5. The van der Waals surface area contributed by atoms with E-state index in [1.165, 1.54) is 16.8 Å². The average molecular weight is 497 g/mol. The van der Waals surface area contributed by atoms with Gasteiger partial charge in [-0.15, -0.1) is 0 Å². The van der Waals surface area contributed by atoms with Gasteiger partial charge in [0.25, 0.3) is 0 Å². The van der Waals surface area contributed by atoms with Crippen molar-refractivity contribution in [2.24, 2.45) is 34.5 Å².